The highest BCUT2D eigenvalue weighted by molar-refractivity contribution is 9.10. The molecular weight excluding hydrogens is 360 g/mol. The Morgan fingerprint density at radius 3 is 2.78 bits per heavy atom. The van der Waals surface area contributed by atoms with Gasteiger partial charge in [-0.25, -0.2) is 9.97 Å². The summed E-state index contributed by atoms with van der Waals surface area (Å²) in [5.41, 5.74) is 5.73. The maximum Gasteiger partial charge on any atom is 0.263 e. The number of nitrogen functional groups attached to an aromatic ring is 1. The van der Waals surface area contributed by atoms with Gasteiger partial charge in [-0.1, -0.05) is 0 Å². The van der Waals surface area contributed by atoms with Crippen LogP contribution < -0.4 is 15.8 Å². The molecule has 8 heteroatoms. The summed E-state index contributed by atoms with van der Waals surface area (Å²) >= 11 is 3.23. The summed E-state index contributed by atoms with van der Waals surface area (Å²) in [6, 6.07) is 1.25. The molecule has 1 aromatic heterocycles. The molecule has 1 aliphatic carbocycles. The minimum atomic E-state index is 0.193. The predicted octanol–water partition coefficient (Wildman–Crippen LogP) is 1.91. The van der Waals surface area contributed by atoms with Crippen molar-refractivity contribution in [2.45, 2.75) is 37.8 Å². The van der Waals surface area contributed by atoms with Crippen molar-refractivity contribution in [2.75, 3.05) is 18.8 Å². The number of anilines is 1. The van der Waals surface area contributed by atoms with Gasteiger partial charge in [-0.3, -0.25) is 0 Å². The average molecular weight is 381 g/mol. The SMILES string of the molecule is N=C/C(=C\NC1CCN(C2CC2)CC1)Oc1nc(Br)cnc1N. The summed E-state index contributed by atoms with van der Waals surface area (Å²) in [6.45, 7) is 2.28. The first-order valence-electron chi connectivity index (χ1n) is 7.82. The van der Waals surface area contributed by atoms with Crippen LogP contribution in [0.4, 0.5) is 5.82 Å². The number of nitrogens with two attached hydrogens (primary N) is 1. The molecule has 1 saturated carbocycles. The topological polar surface area (TPSA) is 100 Å². The number of hydrogen-bond acceptors (Lipinski definition) is 7. The zero-order chi connectivity index (χ0) is 16.2. The first-order chi connectivity index (χ1) is 11.2. The van der Waals surface area contributed by atoms with Crippen molar-refractivity contribution < 1.29 is 4.74 Å². The number of nitrogens with zero attached hydrogens (tertiary/aromatic N) is 3. The van der Waals surface area contributed by atoms with Crippen LogP contribution >= 0.6 is 15.9 Å². The third-order valence-electron chi connectivity index (χ3n) is 4.15. The quantitative estimate of drug-likeness (QED) is 0.514. The standard InChI is InChI=1S/C15H21BrN6O/c16-13-9-20-14(18)15(21-13)23-12(7-17)8-19-10-3-5-22(6-4-10)11-1-2-11/h7-11,17,19H,1-6H2,(H2,18,20)/b12-8+,17-7?. The zero-order valence-electron chi connectivity index (χ0n) is 12.8. The Morgan fingerprint density at radius 2 is 2.13 bits per heavy atom. The van der Waals surface area contributed by atoms with Crippen LogP contribution in [0.1, 0.15) is 25.7 Å². The van der Waals surface area contributed by atoms with Crippen LogP contribution in [0.2, 0.25) is 0 Å². The van der Waals surface area contributed by atoms with E-state index < -0.39 is 0 Å². The average Bonchev–Trinajstić information content (AvgIpc) is 3.40. The van der Waals surface area contributed by atoms with Crippen LogP contribution in [0.25, 0.3) is 0 Å². The lowest BCUT2D eigenvalue weighted by atomic mass is 10.1. The largest absolute Gasteiger partial charge is 0.433 e. The fourth-order valence-electron chi connectivity index (χ4n) is 2.72. The molecule has 0 unspecified atom stereocenters. The highest BCUT2D eigenvalue weighted by Crippen LogP contribution is 2.29. The number of nitrogens with one attached hydrogen (secondary N) is 2. The summed E-state index contributed by atoms with van der Waals surface area (Å²) < 4.78 is 6.09. The number of hydrogen-bond donors (Lipinski definition) is 3. The van der Waals surface area contributed by atoms with Gasteiger partial charge in [0.1, 0.15) is 4.60 Å². The fourth-order valence-corrected chi connectivity index (χ4v) is 2.98. The predicted molar refractivity (Wildman–Crippen MR) is 92.4 cm³/mol. The molecule has 0 spiro atoms. The second-order valence-corrected chi connectivity index (χ2v) is 6.70. The van der Waals surface area contributed by atoms with E-state index in [0.29, 0.717) is 16.4 Å². The Balaban J connectivity index is 1.54. The summed E-state index contributed by atoms with van der Waals surface area (Å²) in [7, 11) is 0. The minimum absolute atomic E-state index is 0.193. The van der Waals surface area contributed by atoms with Crippen LogP contribution in [-0.4, -0.2) is 46.3 Å². The lowest BCUT2D eigenvalue weighted by Crippen LogP contribution is -2.42. The number of aromatic nitrogens is 2. The molecule has 2 fully saturated rings. The zero-order valence-corrected chi connectivity index (χ0v) is 14.4. The molecule has 4 N–H and O–H groups in total. The van der Waals surface area contributed by atoms with Gasteiger partial charge in [-0.2, -0.15) is 0 Å². The van der Waals surface area contributed by atoms with Crippen LogP contribution in [-0.2, 0) is 0 Å². The van der Waals surface area contributed by atoms with Crippen LogP contribution in [0, 0.1) is 5.41 Å². The van der Waals surface area contributed by atoms with Gasteiger partial charge in [0, 0.05) is 31.4 Å². The van der Waals surface area contributed by atoms with E-state index in [1.54, 1.807) is 6.20 Å². The van der Waals surface area contributed by atoms with Crippen molar-refractivity contribution in [3.8, 4) is 5.88 Å². The third kappa shape index (κ3) is 4.42. The van der Waals surface area contributed by atoms with E-state index in [4.69, 9.17) is 15.9 Å². The van der Waals surface area contributed by atoms with Gasteiger partial charge in [0.2, 0.25) is 0 Å². The number of halogens is 1. The molecule has 0 amide bonds. The van der Waals surface area contributed by atoms with E-state index in [0.717, 1.165) is 38.2 Å². The summed E-state index contributed by atoms with van der Waals surface area (Å²) in [5, 5.41) is 10.8. The van der Waals surface area contributed by atoms with Crippen molar-refractivity contribution in [2.24, 2.45) is 0 Å². The second-order valence-electron chi connectivity index (χ2n) is 5.88. The molecule has 7 nitrogen and oxygen atoms in total. The lowest BCUT2D eigenvalue weighted by Gasteiger charge is -2.32. The van der Waals surface area contributed by atoms with Gasteiger partial charge in [0.05, 0.1) is 12.4 Å². The molecule has 23 heavy (non-hydrogen) atoms. The van der Waals surface area contributed by atoms with Crippen molar-refractivity contribution in [3.63, 3.8) is 0 Å². The van der Waals surface area contributed by atoms with Gasteiger partial charge in [0.15, 0.2) is 11.6 Å². The van der Waals surface area contributed by atoms with Crippen LogP contribution in [0.5, 0.6) is 5.88 Å². The first-order valence-corrected chi connectivity index (χ1v) is 8.61. The maximum atomic E-state index is 7.48. The van der Waals surface area contributed by atoms with Crippen molar-refractivity contribution in [3.05, 3.63) is 22.8 Å². The maximum absolute atomic E-state index is 7.48. The first kappa shape index (κ1) is 16.2. The summed E-state index contributed by atoms with van der Waals surface area (Å²) in [4.78, 5) is 10.7. The van der Waals surface area contributed by atoms with E-state index in [1.807, 2.05) is 0 Å². The van der Waals surface area contributed by atoms with E-state index in [1.165, 1.54) is 19.0 Å². The number of piperidine rings is 1. The molecule has 1 aliphatic heterocycles. The Bertz CT molecular complexity index is 596. The molecule has 1 aromatic rings. The molecule has 0 atom stereocenters. The molecule has 0 bridgehead atoms. The van der Waals surface area contributed by atoms with E-state index >= 15 is 0 Å². The fraction of sp³-hybridized carbons (Fsp3) is 0.533. The summed E-state index contributed by atoms with van der Waals surface area (Å²) in [5.74, 6) is 0.742. The number of rotatable bonds is 6. The summed E-state index contributed by atoms with van der Waals surface area (Å²) in [6.07, 6.45) is 9.29. The molecule has 3 rings (SSSR count). The molecule has 2 aliphatic rings. The van der Waals surface area contributed by atoms with Crippen LogP contribution in [0.15, 0.2) is 22.8 Å². The van der Waals surface area contributed by atoms with Gasteiger partial charge >= 0.3 is 0 Å². The van der Waals surface area contributed by atoms with Crippen LogP contribution in [0.3, 0.4) is 0 Å². The van der Waals surface area contributed by atoms with Crippen molar-refractivity contribution in [1.29, 1.82) is 5.41 Å². The molecule has 0 aromatic carbocycles. The highest BCUT2D eigenvalue weighted by atomic mass is 79.9. The molecule has 2 heterocycles. The second kappa shape index (κ2) is 7.27. The monoisotopic (exact) mass is 380 g/mol. The molecule has 0 radical (unpaired) electrons. The molecular formula is C15H21BrN6O. The Hall–Kier alpha value is -1.67. The van der Waals surface area contributed by atoms with Gasteiger partial charge in [-0.15, -0.1) is 0 Å². The third-order valence-corrected chi connectivity index (χ3v) is 4.53. The Morgan fingerprint density at radius 1 is 1.39 bits per heavy atom. The van der Waals surface area contributed by atoms with Gasteiger partial charge in [-0.05, 0) is 41.6 Å². The Kier molecular flexibility index (Phi) is 5.12. The smallest absolute Gasteiger partial charge is 0.263 e. The Labute approximate surface area is 143 Å². The van der Waals surface area contributed by atoms with E-state index in [9.17, 15) is 0 Å². The van der Waals surface area contributed by atoms with Crippen molar-refractivity contribution >= 4 is 28.0 Å². The number of allylic oxidation sites excluding steroid dienone is 1. The molecule has 124 valence electrons. The normalized spacial score (nSPS) is 20.3. The number of ether oxygens (including phenoxy) is 1. The van der Waals surface area contributed by atoms with Crippen molar-refractivity contribution in [1.82, 2.24) is 20.2 Å². The number of likely N-dealkylation sites (tertiary alicyclic amines) is 1. The van der Waals surface area contributed by atoms with E-state index in [-0.39, 0.29) is 11.7 Å². The van der Waals surface area contributed by atoms with Gasteiger partial charge < -0.3 is 26.1 Å². The highest BCUT2D eigenvalue weighted by Gasteiger charge is 2.31. The van der Waals surface area contributed by atoms with E-state index in [2.05, 4.69) is 36.1 Å². The lowest BCUT2D eigenvalue weighted by molar-refractivity contribution is 0.195. The molecule has 1 saturated heterocycles. The van der Waals surface area contributed by atoms with Gasteiger partial charge in [0.25, 0.3) is 5.88 Å². The minimum Gasteiger partial charge on any atom is -0.433 e.